The number of nitrogens with one attached hydrogen (secondary N) is 1. The zero-order valence-corrected chi connectivity index (χ0v) is 13.1. The molecule has 2 unspecified atom stereocenters. The molecule has 2 saturated carbocycles. The number of esters is 1. The third-order valence-corrected chi connectivity index (χ3v) is 5.44. The predicted octanol–water partition coefficient (Wildman–Crippen LogP) is 3.13. The summed E-state index contributed by atoms with van der Waals surface area (Å²) in [6.07, 6.45) is 8.02. The molecule has 1 N–H and O–H groups in total. The van der Waals surface area contributed by atoms with Crippen LogP contribution in [0.2, 0.25) is 0 Å². The largest absolute Gasteiger partial charge is 0.465 e. The molecule has 2 aliphatic rings. The molecule has 4 heteroatoms. The Kier molecular flexibility index (Phi) is 5.58. The van der Waals surface area contributed by atoms with Crippen molar-refractivity contribution in [2.24, 2.45) is 0 Å². The maximum atomic E-state index is 12.3. The number of hydrogen-bond donors (Lipinski definition) is 1. The van der Waals surface area contributed by atoms with Gasteiger partial charge in [0.2, 0.25) is 0 Å². The van der Waals surface area contributed by atoms with Gasteiger partial charge in [-0.05, 0) is 51.2 Å². The van der Waals surface area contributed by atoms with Gasteiger partial charge in [0.25, 0.3) is 0 Å². The fraction of sp³-hybridized carbons (Fsp3) is 0.933. The van der Waals surface area contributed by atoms with Crippen molar-refractivity contribution in [1.82, 2.24) is 5.32 Å². The van der Waals surface area contributed by atoms with Crippen LogP contribution in [-0.2, 0) is 9.53 Å². The molecule has 110 valence electrons. The number of ether oxygens (including phenoxy) is 1. The molecule has 0 aliphatic heterocycles. The predicted molar refractivity (Wildman–Crippen MR) is 80.5 cm³/mol. The van der Waals surface area contributed by atoms with E-state index in [1.54, 1.807) is 0 Å². The van der Waals surface area contributed by atoms with Crippen LogP contribution in [0.3, 0.4) is 0 Å². The lowest BCUT2D eigenvalue weighted by atomic mass is 9.97. The van der Waals surface area contributed by atoms with Gasteiger partial charge in [-0.1, -0.05) is 13.3 Å². The molecule has 3 nitrogen and oxygen atoms in total. The fourth-order valence-corrected chi connectivity index (χ4v) is 4.28. The minimum Gasteiger partial charge on any atom is -0.465 e. The van der Waals surface area contributed by atoms with E-state index < -0.39 is 0 Å². The van der Waals surface area contributed by atoms with E-state index in [0.717, 1.165) is 19.3 Å². The van der Waals surface area contributed by atoms with Crippen LogP contribution < -0.4 is 5.32 Å². The summed E-state index contributed by atoms with van der Waals surface area (Å²) in [5.74, 6) is 1.21. The van der Waals surface area contributed by atoms with Gasteiger partial charge in [-0.2, -0.15) is 11.8 Å². The van der Waals surface area contributed by atoms with Gasteiger partial charge in [0, 0.05) is 11.3 Å². The highest BCUT2D eigenvalue weighted by atomic mass is 32.2. The second kappa shape index (κ2) is 6.98. The van der Waals surface area contributed by atoms with Crippen molar-refractivity contribution < 1.29 is 9.53 Å². The summed E-state index contributed by atoms with van der Waals surface area (Å²) < 4.78 is 5.32. The minimum atomic E-state index is -0.374. The van der Waals surface area contributed by atoms with Crippen molar-refractivity contribution in [3.63, 3.8) is 0 Å². The highest BCUT2D eigenvalue weighted by molar-refractivity contribution is 7.99. The fourth-order valence-electron chi connectivity index (χ4n) is 2.80. The van der Waals surface area contributed by atoms with E-state index in [0.29, 0.717) is 17.9 Å². The Balaban J connectivity index is 1.89. The lowest BCUT2D eigenvalue weighted by Crippen LogP contribution is -2.52. The van der Waals surface area contributed by atoms with Gasteiger partial charge in [-0.15, -0.1) is 0 Å². The maximum Gasteiger partial charge on any atom is 0.326 e. The lowest BCUT2D eigenvalue weighted by molar-refractivity contribution is -0.151. The average molecular weight is 285 g/mol. The lowest BCUT2D eigenvalue weighted by Gasteiger charge is -2.28. The Morgan fingerprint density at radius 1 is 1.37 bits per heavy atom. The molecule has 2 atom stereocenters. The summed E-state index contributed by atoms with van der Waals surface area (Å²) in [5, 5.41) is 4.21. The number of rotatable bonds is 8. The summed E-state index contributed by atoms with van der Waals surface area (Å²) >= 11 is 2.05. The van der Waals surface area contributed by atoms with E-state index in [-0.39, 0.29) is 11.5 Å². The van der Waals surface area contributed by atoms with E-state index in [2.05, 4.69) is 12.2 Å². The molecule has 2 rings (SSSR count). The first-order valence-electron chi connectivity index (χ1n) is 7.76. The van der Waals surface area contributed by atoms with Crippen LogP contribution in [0.15, 0.2) is 0 Å². The van der Waals surface area contributed by atoms with Crippen molar-refractivity contribution >= 4 is 17.7 Å². The van der Waals surface area contributed by atoms with Crippen molar-refractivity contribution in [3.8, 4) is 0 Å². The van der Waals surface area contributed by atoms with Gasteiger partial charge in [0.05, 0.1) is 6.61 Å². The quantitative estimate of drug-likeness (QED) is 0.549. The van der Waals surface area contributed by atoms with Crippen LogP contribution in [0, 0.1) is 0 Å². The molecule has 2 fully saturated rings. The van der Waals surface area contributed by atoms with Crippen LogP contribution in [0.1, 0.15) is 58.8 Å². The van der Waals surface area contributed by atoms with Gasteiger partial charge < -0.3 is 4.74 Å². The molecule has 0 saturated heterocycles. The van der Waals surface area contributed by atoms with E-state index in [1.165, 1.54) is 31.4 Å². The van der Waals surface area contributed by atoms with Gasteiger partial charge in [-0.3, -0.25) is 10.1 Å². The summed E-state index contributed by atoms with van der Waals surface area (Å²) in [5.41, 5.74) is -0.374. The third-order valence-electron chi connectivity index (χ3n) is 4.04. The second-order valence-electron chi connectivity index (χ2n) is 5.81. The molecule has 0 radical (unpaired) electrons. The van der Waals surface area contributed by atoms with E-state index in [1.807, 2.05) is 18.7 Å². The van der Waals surface area contributed by atoms with Crippen molar-refractivity contribution in [1.29, 1.82) is 0 Å². The molecular formula is C15H27NO2S. The average Bonchev–Trinajstić information content (AvgIpc) is 3.10. The number of unbranched alkanes of at least 4 members (excludes halogenated alkanes) is 1. The molecule has 0 spiro atoms. The van der Waals surface area contributed by atoms with Crippen LogP contribution in [0.5, 0.6) is 0 Å². The Morgan fingerprint density at radius 3 is 2.79 bits per heavy atom. The van der Waals surface area contributed by atoms with E-state index >= 15 is 0 Å². The molecule has 0 bridgehead atoms. The van der Waals surface area contributed by atoms with Crippen LogP contribution in [0.4, 0.5) is 0 Å². The number of hydrogen-bond acceptors (Lipinski definition) is 4. The highest BCUT2D eigenvalue weighted by Gasteiger charge is 2.48. The van der Waals surface area contributed by atoms with Gasteiger partial charge in [0.1, 0.15) is 5.54 Å². The first kappa shape index (κ1) is 15.2. The standard InChI is InChI=1S/C15H27NO2S/c1-3-5-10-19-13-8-9-15(11-13,14(17)18-4-2)16-12-6-7-12/h12-13,16H,3-11H2,1-2H3. The second-order valence-corrected chi connectivity index (χ2v) is 7.22. The van der Waals surface area contributed by atoms with E-state index in [4.69, 9.17) is 4.74 Å². The Morgan fingerprint density at radius 2 is 2.16 bits per heavy atom. The smallest absolute Gasteiger partial charge is 0.326 e. The Hall–Kier alpha value is -0.220. The Bertz CT molecular complexity index is 307. The van der Waals surface area contributed by atoms with Crippen LogP contribution in [0.25, 0.3) is 0 Å². The molecule has 0 heterocycles. The first-order valence-corrected chi connectivity index (χ1v) is 8.81. The SMILES string of the molecule is CCCCSC1CCC(NC2CC2)(C(=O)OCC)C1. The molecule has 0 aromatic rings. The van der Waals surface area contributed by atoms with E-state index in [9.17, 15) is 4.79 Å². The van der Waals surface area contributed by atoms with Gasteiger partial charge in [0.15, 0.2) is 0 Å². The number of carbonyl (C=O) groups is 1. The normalized spacial score (nSPS) is 30.5. The maximum absolute atomic E-state index is 12.3. The summed E-state index contributed by atoms with van der Waals surface area (Å²) in [7, 11) is 0. The van der Waals surface area contributed by atoms with Gasteiger partial charge >= 0.3 is 5.97 Å². The molecule has 19 heavy (non-hydrogen) atoms. The van der Waals surface area contributed by atoms with Crippen molar-refractivity contribution in [3.05, 3.63) is 0 Å². The van der Waals surface area contributed by atoms with Crippen LogP contribution >= 0.6 is 11.8 Å². The van der Waals surface area contributed by atoms with Crippen LogP contribution in [-0.4, -0.2) is 35.2 Å². The third kappa shape index (κ3) is 4.12. The highest BCUT2D eigenvalue weighted by Crippen LogP contribution is 2.40. The zero-order valence-electron chi connectivity index (χ0n) is 12.2. The summed E-state index contributed by atoms with van der Waals surface area (Å²) in [4.78, 5) is 12.3. The van der Waals surface area contributed by atoms with Gasteiger partial charge in [-0.25, -0.2) is 0 Å². The summed E-state index contributed by atoms with van der Waals surface area (Å²) in [6, 6.07) is 0.559. The number of carbonyl (C=O) groups excluding carboxylic acids is 1. The first-order chi connectivity index (χ1) is 9.20. The van der Waals surface area contributed by atoms with Crippen molar-refractivity contribution in [2.45, 2.75) is 75.6 Å². The molecule has 0 amide bonds. The molecule has 0 aromatic heterocycles. The Labute approximate surface area is 121 Å². The number of thioether (sulfide) groups is 1. The summed E-state index contributed by atoms with van der Waals surface area (Å²) in [6.45, 7) is 4.61. The topological polar surface area (TPSA) is 38.3 Å². The minimum absolute atomic E-state index is 0.0134. The molecule has 0 aromatic carbocycles. The zero-order chi connectivity index (χ0) is 13.7. The monoisotopic (exact) mass is 285 g/mol. The van der Waals surface area contributed by atoms with Crippen molar-refractivity contribution in [2.75, 3.05) is 12.4 Å². The molecule has 2 aliphatic carbocycles. The molecular weight excluding hydrogens is 258 g/mol.